The highest BCUT2D eigenvalue weighted by atomic mass is 19.4. The van der Waals surface area contributed by atoms with Gasteiger partial charge in [0.25, 0.3) is 0 Å². The molecule has 0 radical (unpaired) electrons. The molecule has 39 heavy (non-hydrogen) atoms. The van der Waals surface area contributed by atoms with E-state index in [1.807, 2.05) is 32.9 Å². The first kappa shape index (κ1) is 32.1. The van der Waals surface area contributed by atoms with E-state index in [2.05, 4.69) is 28.1 Å². The van der Waals surface area contributed by atoms with E-state index < -0.39 is 35.7 Å². The van der Waals surface area contributed by atoms with E-state index >= 15 is 0 Å². The zero-order valence-electron chi connectivity index (χ0n) is 23.0. The van der Waals surface area contributed by atoms with Crippen molar-refractivity contribution in [3.05, 3.63) is 35.4 Å². The molecule has 1 aliphatic heterocycles. The van der Waals surface area contributed by atoms with Gasteiger partial charge in [0, 0.05) is 6.54 Å². The first-order chi connectivity index (χ1) is 18.1. The molecule has 9 nitrogen and oxygen atoms in total. The van der Waals surface area contributed by atoms with Gasteiger partial charge in [-0.15, -0.1) is 0 Å². The quantitative estimate of drug-likeness (QED) is 0.427. The van der Waals surface area contributed by atoms with Crippen LogP contribution >= 0.6 is 0 Å². The van der Waals surface area contributed by atoms with Gasteiger partial charge in [0.2, 0.25) is 17.7 Å². The van der Waals surface area contributed by atoms with Gasteiger partial charge in [-0.3, -0.25) is 14.4 Å². The molecule has 12 heteroatoms. The summed E-state index contributed by atoms with van der Waals surface area (Å²) in [6.45, 7) is 8.09. The third-order valence-corrected chi connectivity index (χ3v) is 6.99. The van der Waals surface area contributed by atoms with E-state index in [0.29, 0.717) is 13.0 Å². The molecule has 1 aliphatic carbocycles. The van der Waals surface area contributed by atoms with Crippen molar-refractivity contribution in [3.63, 3.8) is 0 Å². The van der Waals surface area contributed by atoms with Crippen LogP contribution in [0, 0.1) is 5.41 Å². The number of hydrogen-bond donors (Lipinski definition) is 4. The molecule has 218 valence electrons. The Labute approximate surface area is 226 Å². The first-order valence-corrected chi connectivity index (χ1v) is 13.0. The number of fused-ring (bicyclic) bond motifs is 1. The highest BCUT2D eigenvalue weighted by molar-refractivity contribution is 5.94. The number of likely N-dealkylation sites (tertiary alicyclic amines) is 1. The van der Waals surface area contributed by atoms with Crippen molar-refractivity contribution < 1.29 is 37.5 Å². The van der Waals surface area contributed by atoms with Gasteiger partial charge >= 0.3 is 12.1 Å². The van der Waals surface area contributed by atoms with E-state index in [1.165, 1.54) is 11.1 Å². The monoisotopic (exact) mass is 556 g/mol. The Bertz CT molecular complexity index is 1040. The predicted molar refractivity (Wildman–Crippen MR) is 139 cm³/mol. The lowest BCUT2D eigenvalue weighted by Gasteiger charge is -2.36. The van der Waals surface area contributed by atoms with Gasteiger partial charge in [-0.1, -0.05) is 45.0 Å². The van der Waals surface area contributed by atoms with Crippen LogP contribution < -0.4 is 16.0 Å². The van der Waals surface area contributed by atoms with Crippen LogP contribution in [0.15, 0.2) is 24.3 Å². The number of nitrogens with one attached hydrogen (secondary N) is 3. The van der Waals surface area contributed by atoms with Gasteiger partial charge < -0.3 is 26.0 Å². The summed E-state index contributed by atoms with van der Waals surface area (Å²) in [4.78, 5) is 49.9. The van der Waals surface area contributed by atoms with Gasteiger partial charge in [0.15, 0.2) is 0 Å². The molecule has 1 fully saturated rings. The molecule has 0 unspecified atom stereocenters. The number of alkyl halides is 3. The Kier molecular flexibility index (Phi) is 10.9. The number of carbonyl (C=O) groups excluding carboxylic acids is 3. The highest BCUT2D eigenvalue weighted by Gasteiger charge is 2.42. The normalized spacial score (nSPS) is 20.6. The fourth-order valence-electron chi connectivity index (χ4n) is 4.69. The first-order valence-electron chi connectivity index (χ1n) is 13.0. The summed E-state index contributed by atoms with van der Waals surface area (Å²) in [5, 5.41) is 16.2. The molecule has 0 aromatic heterocycles. The van der Waals surface area contributed by atoms with Crippen LogP contribution in [0.25, 0.3) is 0 Å². The molecule has 3 amide bonds. The Morgan fingerprint density at radius 1 is 1.05 bits per heavy atom. The summed E-state index contributed by atoms with van der Waals surface area (Å²) >= 11 is 0. The maximum Gasteiger partial charge on any atom is 0.490 e. The van der Waals surface area contributed by atoms with E-state index in [1.54, 1.807) is 18.9 Å². The molecule has 2 aliphatic rings. The van der Waals surface area contributed by atoms with Gasteiger partial charge in [0.1, 0.15) is 12.1 Å². The standard InChI is InChI=1S/C25H38N4O3.C2HF3O2/c1-16(26-5)22(30)28-21(25(2,3)4)24(32)29-15-9-14-20(29)23(31)27-19-13-8-11-17-10-6-7-12-18(17)19;3-2(4,5)1(6)7/h6-7,10,12,16,19-21,26H,8-9,11,13-15H2,1-5H3,(H,27,31)(H,28,30);(H,6,7)/t16-,19+,20-,21+;/m0./s1. The number of halogens is 3. The predicted octanol–water partition coefficient (Wildman–Crippen LogP) is 2.94. The lowest BCUT2D eigenvalue weighted by atomic mass is 9.85. The van der Waals surface area contributed by atoms with Crippen molar-refractivity contribution in [2.75, 3.05) is 13.6 Å². The van der Waals surface area contributed by atoms with Gasteiger partial charge in [-0.05, 0) is 62.6 Å². The van der Waals surface area contributed by atoms with Crippen molar-refractivity contribution in [1.29, 1.82) is 0 Å². The maximum atomic E-state index is 13.6. The molecule has 3 rings (SSSR count). The Morgan fingerprint density at radius 2 is 1.67 bits per heavy atom. The zero-order valence-corrected chi connectivity index (χ0v) is 23.0. The van der Waals surface area contributed by atoms with Crippen molar-refractivity contribution >= 4 is 23.7 Å². The fraction of sp³-hybridized carbons (Fsp3) is 0.630. The number of amides is 3. The average molecular weight is 557 g/mol. The Balaban J connectivity index is 0.000000673. The number of carbonyl (C=O) groups is 4. The molecule has 0 saturated carbocycles. The number of nitrogens with zero attached hydrogens (tertiary/aromatic N) is 1. The number of carboxylic acid groups (broad SMARTS) is 1. The van der Waals surface area contributed by atoms with Crippen LogP contribution in [0.4, 0.5) is 13.2 Å². The van der Waals surface area contributed by atoms with Gasteiger partial charge in [-0.25, -0.2) is 4.79 Å². The van der Waals surface area contributed by atoms with Gasteiger partial charge in [-0.2, -0.15) is 13.2 Å². The van der Waals surface area contributed by atoms with Crippen molar-refractivity contribution in [2.45, 2.75) is 90.1 Å². The number of aliphatic carboxylic acids is 1. The summed E-state index contributed by atoms with van der Waals surface area (Å²) in [7, 11) is 1.71. The minimum absolute atomic E-state index is 0.0143. The second-order valence-corrected chi connectivity index (χ2v) is 11.0. The van der Waals surface area contributed by atoms with Crippen LogP contribution in [0.1, 0.15) is 70.5 Å². The Morgan fingerprint density at radius 3 is 2.23 bits per heavy atom. The number of aryl methyl sites for hydroxylation is 1. The molecule has 0 bridgehead atoms. The van der Waals surface area contributed by atoms with E-state index in [-0.39, 0.29) is 23.8 Å². The lowest BCUT2D eigenvalue weighted by molar-refractivity contribution is -0.192. The molecule has 1 aromatic rings. The molecular weight excluding hydrogens is 517 g/mol. The minimum atomic E-state index is -5.08. The smallest absolute Gasteiger partial charge is 0.475 e. The number of rotatable bonds is 6. The maximum absolute atomic E-state index is 13.6. The topological polar surface area (TPSA) is 128 Å². The van der Waals surface area contributed by atoms with E-state index in [0.717, 1.165) is 25.7 Å². The SMILES string of the molecule is CN[C@@H](C)C(=O)N[C@H](C(=O)N1CCC[C@H]1C(=O)N[C@@H]1CCCc2ccccc21)C(C)(C)C.O=C(O)C(F)(F)F. The molecule has 1 aromatic carbocycles. The molecule has 1 heterocycles. The average Bonchev–Trinajstić information content (AvgIpc) is 3.36. The molecule has 0 spiro atoms. The summed E-state index contributed by atoms with van der Waals surface area (Å²) in [6, 6.07) is 6.65. The largest absolute Gasteiger partial charge is 0.490 e. The number of hydrogen-bond acceptors (Lipinski definition) is 5. The summed E-state index contributed by atoms with van der Waals surface area (Å²) < 4.78 is 31.7. The van der Waals surface area contributed by atoms with Crippen molar-refractivity contribution in [3.8, 4) is 0 Å². The zero-order chi connectivity index (χ0) is 29.5. The molecule has 1 saturated heterocycles. The number of likely N-dealkylation sites (N-methyl/N-ethyl adjacent to an activating group) is 1. The van der Waals surface area contributed by atoms with Crippen LogP contribution in [0.3, 0.4) is 0 Å². The van der Waals surface area contributed by atoms with Crippen LogP contribution in [0.2, 0.25) is 0 Å². The van der Waals surface area contributed by atoms with Crippen LogP contribution in [-0.2, 0) is 25.6 Å². The minimum Gasteiger partial charge on any atom is -0.475 e. The molecule has 4 atom stereocenters. The molecular formula is C27H39F3N4O5. The Hall–Kier alpha value is -3.15. The van der Waals surface area contributed by atoms with Crippen LogP contribution in [-0.4, -0.2) is 71.6 Å². The second kappa shape index (κ2) is 13.3. The second-order valence-electron chi connectivity index (χ2n) is 11.0. The molecule has 4 N–H and O–H groups in total. The van der Waals surface area contributed by atoms with Crippen LogP contribution in [0.5, 0.6) is 0 Å². The summed E-state index contributed by atoms with van der Waals surface area (Å²) in [5.74, 6) is -3.26. The third-order valence-electron chi connectivity index (χ3n) is 6.99. The van der Waals surface area contributed by atoms with Crippen molar-refractivity contribution in [2.24, 2.45) is 5.41 Å². The highest BCUT2D eigenvalue weighted by Crippen LogP contribution is 2.31. The summed E-state index contributed by atoms with van der Waals surface area (Å²) in [5.41, 5.74) is 1.99. The third kappa shape index (κ3) is 8.67. The van der Waals surface area contributed by atoms with Gasteiger partial charge in [0.05, 0.1) is 12.1 Å². The van der Waals surface area contributed by atoms with Crippen molar-refractivity contribution in [1.82, 2.24) is 20.9 Å². The van der Waals surface area contributed by atoms with E-state index in [4.69, 9.17) is 9.90 Å². The number of benzene rings is 1. The lowest BCUT2D eigenvalue weighted by Crippen LogP contribution is -2.59. The number of carboxylic acids is 1. The summed E-state index contributed by atoms with van der Waals surface area (Å²) in [6.07, 6.45) is -0.676. The van der Waals surface area contributed by atoms with E-state index in [9.17, 15) is 27.6 Å². The fourth-order valence-corrected chi connectivity index (χ4v) is 4.69.